The van der Waals surface area contributed by atoms with Crippen molar-refractivity contribution in [3.63, 3.8) is 0 Å². The first-order valence-corrected chi connectivity index (χ1v) is 9.88. The van der Waals surface area contributed by atoms with E-state index in [4.69, 9.17) is 0 Å². The summed E-state index contributed by atoms with van der Waals surface area (Å²) in [6.07, 6.45) is 3.10. The smallest absolute Gasteiger partial charge is 0.255 e. The molecule has 0 aromatic heterocycles. The highest BCUT2D eigenvalue weighted by molar-refractivity contribution is 7.98. The summed E-state index contributed by atoms with van der Waals surface area (Å²) in [5.74, 6) is -0.239. The van der Waals surface area contributed by atoms with Gasteiger partial charge in [0.1, 0.15) is 0 Å². The molecule has 2 aromatic rings. The number of benzene rings is 2. The number of hydrogen-bond donors (Lipinski definition) is 1. The monoisotopic (exact) mass is 350 g/mol. The number of amides is 1. The Bertz CT molecular complexity index is 802. The molecule has 2 rings (SSSR count). The summed E-state index contributed by atoms with van der Waals surface area (Å²) in [5, 5.41) is 2.83. The molecule has 23 heavy (non-hydrogen) atoms. The molecule has 0 fully saturated rings. The van der Waals surface area contributed by atoms with Crippen LogP contribution in [0.2, 0.25) is 0 Å². The average Bonchev–Trinajstić information content (AvgIpc) is 2.53. The van der Waals surface area contributed by atoms with Gasteiger partial charge in [0.2, 0.25) is 10.0 Å². The zero-order valence-electron chi connectivity index (χ0n) is 13.1. The zero-order valence-corrected chi connectivity index (χ0v) is 14.7. The first-order valence-electron chi connectivity index (χ1n) is 6.80. The van der Waals surface area contributed by atoms with Crippen molar-refractivity contribution < 1.29 is 13.2 Å². The first-order chi connectivity index (χ1) is 10.8. The standard InChI is InChI=1S/C16H18N2O3S2/c1-18(23(3,20)21)14-9-7-12(8-10-14)16(19)17-13-5-4-6-15(11-13)22-2/h4-11H,1-3H3,(H,17,19). The van der Waals surface area contributed by atoms with Gasteiger partial charge in [-0.15, -0.1) is 11.8 Å². The summed E-state index contributed by atoms with van der Waals surface area (Å²) >= 11 is 1.60. The summed E-state index contributed by atoms with van der Waals surface area (Å²) in [7, 11) is -1.84. The summed E-state index contributed by atoms with van der Waals surface area (Å²) in [5.41, 5.74) is 1.69. The predicted molar refractivity (Wildman–Crippen MR) is 95.9 cm³/mol. The lowest BCUT2D eigenvalue weighted by Crippen LogP contribution is -2.24. The first kappa shape index (κ1) is 17.4. The highest BCUT2D eigenvalue weighted by atomic mass is 32.2. The quantitative estimate of drug-likeness (QED) is 0.842. The fourth-order valence-corrected chi connectivity index (χ4v) is 2.88. The third kappa shape index (κ3) is 4.49. The summed E-state index contributed by atoms with van der Waals surface area (Å²) < 4.78 is 24.2. The molecule has 7 heteroatoms. The molecule has 0 bridgehead atoms. The molecule has 2 aromatic carbocycles. The number of rotatable bonds is 5. The number of anilines is 2. The second kappa shape index (κ2) is 7.06. The van der Waals surface area contributed by atoms with Gasteiger partial charge in [-0.25, -0.2) is 8.42 Å². The number of sulfonamides is 1. The van der Waals surface area contributed by atoms with Gasteiger partial charge in [0, 0.05) is 23.2 Å². The van der Waals surface area contributed by atoms with Gasteiger partial charge in [0.25, 0.3) is 5.91 Å². The van der Waals surface area contributed by atoms with E-state index in [-0.39, 0.29) is 5.91 Å². The minimum absolute atomic E-state index is 0.239. The van der Waals surface area contributed by atoms with Crippen molar-refractivity contribution in [1.82, 2.24) is 0 Å². The van der Waals surface area contributed by atoms with Crippen LogP contribution in [0.1, 0.15) is 10.4 Å². The molecule has 0 saturated carbocycles. The lowest BCUT2D eigenvalue weighted by atomic mass is 10.2. The van der Waals surface area contributed by atoms with Gasteiger partial charge in [-0.2, -0.15) is 0 Å². The van der Waals surface area contributed by atoms with Crippen LogP contribution in [-0.2, 0) is 10.0 Å². The van der Waals surface area contributed by atoms with Gasteiger partial charge in [-0.05, 0) is 48.7 Å². The fraction of sp³-hybridized carbons (Fsp3) is 0.188. The van der Waals surface area contributed by atoms with Crippen molar-refractivity contribution in [2.24, 2.45) is 0 Å². The van der Waals surface area contributed by atoms with Crippen LogP contribution in [0.3, 0.4) is 0 Å². The SMILES string of the molecule is CSc1cccc(NC(=O)c2ccc(N(C)S(C)(=O)=O)cc2)c1. The van der Waals surface area contributed by atoms with E-state index < -0.39 is 10.0 Å². The van der Waals surface area contributed by atoms with Gasteiger partial charge in [-0.3, -0.25) is 9.10 Å². The molecule has 0 aliphatic heterocycles. The summed E-state index contributed by atoms with van der Waals surface area (Å²) in [6.45, 7) is 0. The Labute approximate surface area is 140 Å². The third-order valence-electron chi connectivity index (χ3n) is 3.32. The maximum Gasteiger partial charge on any atom is 0.255 e. The Kier molecular flexibility index (Phi) is 5.33. The predicted octanol–water partition coefficient (Wildman–Crippen LogP) is 3.06. The van der Waals surface area contributed by atoms with E-state index in [1.165, 1.54) is 7.05 Å². The average molecular weight is 350 g/mol. The van der Waals surface area contributed by atoms with Crippen LogP contribution in [0.15, 0.2) is 53.4 Å². The van der Waals surface area contributed by atoms with Crippen LogP contribution in [-0.4, -0.2) is 33.9 Å². The molecule has 1 N–H and O–H groups in total. The Balaban J connectivity index is 2.14. The summed E-state index contributed by atoms with van der Waals surface area (Å²) in [4.78, 5) is 13.3. The van der Waals surface area contributed by atoms with Crippen molar-refractivity contribution in [3.8, 4) is 0 Å². The maximum atomic E-state index is 12.2. The highest BCUT2D eigenvalue weighted by Gasteiger charge is 2.13. The second-order valence-electron chi connectivity index (χ2n) is 4.96. The normalized spacial score (nSPS) is 11.1. The Hall–Kier alpha value is -1.99. The van der Waals surface area contributed by atoms with Crippen molar-refractivity contribution in [2.45, 2.75) is 4.90 Å². The minimum atomic E-state index is -3.31. The van der Waals surface area contributed by atoms with Crippen molar-refractivity contribution >= 4 is 39.1 Å². The van der Waals surface area contributed by atoms with E-state index in [1.807, 2.05) is 30.5 Å². The minimum Gasteiger partial charge on any atom is -0.322 e. The molecule has 0 heterocycles. The van der Waals surface area contributed by atoms with Crippen LogP contribution in [0, 0.1) is 0 Å². The van der Waals surface area contributed by atoms with Gasteiger partial charge in [0.05, 0.1) is 11.9 Å². The van der Waals surface area contributed by atoms with E-state index in [0.29, 0.717) is 11.3 Å². The lowest BCUT2D eigenvalue weighted by Gasteiger charge is -2.16. The number of nitrogens with zero attached hydrogens (tertiary/aromatic N) is 1. The van der Waals surface area contributed by atoms with Gasteiger partial charge >= 0.3 is 0 Å². The number of carbonyl (C=O) groups excluding carboxylic acids is 1. The van der Waals surface area contributed by atoms with Crippen LogP contribution in [0.4, 0.5) is 11.4 Å². The molecular weight excluding hydrogens is 332 g/mol. The number of carbonyl (C=O) groups is 1. The van der Waals surface area contributed by atoms with E-state index in [0.717, 1.165) is 21.1 Å². The topological polar surface area (TPSA) is 66.5 Å². The lowest BCUT2D eigenvalue weighted by molar-refractivity contribution is 0.102. The molecule has 0 unspecified atom stereocenters. The van der Waals surface area contributed by atoms with E-state index in [2.05, 4.69) is 5.32 Å². The maximum absolute atomic E-state index is 12.2. The fourth-order valence-electron chi connectivity index (χ4n) is 1.92. The Morgan fingerprint density at radius 1 is 1.13 bits per heavy atom. The van der Waals surface area contributed by atoms with Crippen LogP contribution >= 0.6 is 11.8 Å². The van der Waals surface area contributed by atoms with Crippen LogP contribution < -0.4 is 9.62 Å². The molecule has 1 amide bonds. The molecule has 0 aliphatic carbocycles. The van der Waals surface area contributed by atoms with Crippen molar-refractivity contribution in [1.29, 1.82) is 0 Å². The molecule has 0 saturated heterocycles. The van der Waals surface area contributed by atoms with Gasteiger partial charge < -0.3 is 5.32 Å². The largest absolute Gasteiger partial charge is 0.322 e. The van der Waals surface area contributed by atoms with Crippen molar-refractivity contribution in [3.05, 3.63) is 54.1 Å². The number of nitrogens with one attached hydrogen (secondary N) is 1. The molecule has 5 nitrogen and oxygen atoms in total. The highest BCUT2D eigenvalue weighted by Crippen LogP contribution is 2.20. The number of thioether (sulfide) groups is 1. The van der Waals surface area contributed by atoms with E-state index in [9.17, 15) is 13.2 Å². The second-order valence-corrected chi connectivity index (χ2v) is 7.86. The van der Waals surface area contributed by atoms with Crippen LogP contribution in [0.25, 0.3) is 0 Å². The zero-order chi connectivity index (χ0) is 17.0. The molecule has 0 spiro atoms. The molecular formula is C16H18N2O3S2. The van der Waals surface area contributed by atoms with Gasteiger partial charge in [-0.1, -0.05) is 6.07 Å². The Morgan fingerprint density at radius 3 is 2.35 bits per heavy atom. The summed E-state index contributed by atoms with van der Waals surface area (Å²) in [6, 6.07) is 14.0. The number of hydrogen-bond acceptors (Lipinski definition) is 4. The molecule has 0 atom stereocenters. The molecule has 0 aliphatic rings. The van der Waals surface area contributed by atoms with Crippen molar-refractivity contribution in [2.75, 3.05) is 29.2 Å². The van der Waals surface area contributed by atoms with E-state index >= 15 is 0 Å². The van der Waals surface area contributed by atoms with Gasteiger partial charge in [0.15, 0.2) is 0 Å². The molecule has 122 valence electrons. The Morgan fingerprint density at radius 2 is 1.78 bits per heavy atom. The molecule has 0 radical (unpaired) electrons. The van der Waals surface area contributed by atoms with Crippen LogP contribution in [0.5, 0.6) is 0 Å². The third-order valence-corrected chi connectivity index (χ3v) is 5.25. The van der Waals surface area contributed by atoms with E-state index in [1.54, 1.807) is 36.0 Å².